The zero-order valence-electron chi connectivity index (χ0n) is 14.6. The van der Waals surface area contributed by atoms with Crippen molar-refractivity contribution in [3.05, 3.63) is 54.0 Å². The van der Waals surface area contributed by atoms with Crippen LogP contribution >= 0.6 is 0 Å². The molecule has 142 valence electrons. The number of nitrogens with one attached hydrogen (secondary N) is 1. The van der Waals surface area contributed by atoms with Gasteiger partial charge in [-0.3, -0.25) is 4.79 Å². The number of piperidine rings is 1. The van der Waals surface area contributed by atoms with E-state index in [-0.39, 0.29) is 25.0 Å². The first-order valence-electron chi connectivity index (χ1n) is 8.66. The van der Waals surface area contributed by atoms with Crippen molar-refractivity contribution in [1.82, 2.24) is 15.2 Å². The Kier molecular flexibility index (Phi) is 5.85. The van der Waals surface area contributed by atoms with E-state index in [1.807, 2.05) is 0 Å². The van der Waals surface area contributed by atoms with Crippen molar-refractivity contribution in [2.24, 2.45) is 5.92 Å². The van der Waals surface area contributed by atoms with Crippen molar-refractivity contribution >= 4 is 12.0 Å². The highest BCUT2D eigenvalue weighted by Gasteiger charge is 2.28. The Bertz CT molecular complexity index is 830. The highest BCUT2D eigenvalue weighted by Crippen LogP contribution is 2.23. The van der Waals surface area contributed by atoms with Crippen LogP contribution < -0.4 is 10.1 Å². The number of rotatable bonds is 5. The second kappa shape index (κ2) is 8.48. The maximum atomic E-state index is 13.3. The molecule has 1 atom stereocenters. The predicted octanol–water partition coefficient (Wildman–Crippen LogP) is 3.02. The van der Waals surface area contributed by atoms with E-state index in [9.17, 15) is 14.0 Å². The summed E-state index contributed by atoms with van der Waals surface area (Å²) in [5.74, 6) is -1.26. The molecule has 2 aromatic rings. The van der Waals surface area contributed by atoms with Gasteiger partial charge in [0.2, 0.25) is 5.88 Å². The normalized spacial score (nSPS) is 16.6. The molecule has 8 heteroatoms. The molecule has 0 bridgehead atoms. The Labute approximate surface area is 155 Å². The molecule has 0 radical (unpaired) electrons. The van der Waals surface area contributed by atoms with Crippen molar-refractivity contribution in [2.45, 2.75) is 19.4 Å². The van der Waals surface area contributed by atoms with Crippen LogP contribution in [-0.2, 0) is 11.3 Å². The van der Waals surface area contributed by atoms with Gasteiger partial charge in [-0.15, -0.1) is 0 Å². The summed E-state index contributed by atoms with van der Waals surface area (Å²) in [5, 5.41) is 11.9. The smallest absolute Gasteiger partial charge is 0.317 e. The average Bonchev–Trinajstić information content (AvgIpc) is 2.67. The zero-order chi connectivity index (χ0) is 19.2. The summed E-state index contributed by atoms with van der Waals surface area (Å²) < 4.78 is 18.9. The number of ether oxygens (including phenoxy) is 1. The van der Waals surface area contributed by atoms with Crippen molar-refractivity contribution < 1.29 is 23.8 Å². The summed E-state index contributed by atoms with van der Waals surface area (Å²) >= 11 is 0. The van der Waals surface area contributed by atoms with Gasteiger partial charge >= 0.3 is 12.0 Å². The van der Waals surface area contributed by atoms with Crippen LogP contribution in [0.15, 0.2) is 42.6 Å². The van der Waals surface area contributed by atoms with Crippen LogP contribution in [0.3, 0.4) is 0 Å². The number of pyridine rings is 1. The number of carbonyl (C=O) groups is 2. The molecule has 2 heterocycles. The molecule has 0 saturated carbocycles. The van der Waals surface area contributed by atoms with E-state index in [2.05, 4.69) is 10.3 Å². The summed E-state index contributed by atoms with van der Waals surface area (Å²) in [6.07, 6.45) is 2.78. The van der Waals surface area contributed by atoms with Crippen molar-refractivity contribution in [3.8, 4) is 11.6 Å². The molecule has 2 amide bonds. The molecular formula is C19H20FN3O4. The number of hydrogen-bond acceptors (Lipinski definition) is 4. The topological polar surface area (TPSA) is 91.8 Å². The predicted molar refractivity (Wildman–Crippen MR) is 94.9 cm³/mol. The SMILES string of the molecule is O=C(O)C1CCCN(C(=O)NCc2cccnc2Oc2cccc(F)c2)C1. The lowest BCUT2D eigenvalue weighted by atomic mass is 9.99. The Morgan fingerprint density at radius 2 is 2.19 bits per heavy atom. The summed E-state index contributed by atoms with van der Waals surface area (Å²) in [6, 6.07) is 8.83. The fourth-order valence-electron chi connectivity index (χ4n) is 2.94. The number of aromatic nitrogens is 1. The third-order valence-electron chi connectivity index (χ3n) is 4.35. The molecule has 1 aliphatic heterocycles. The second-order valence-electron chi connectivity index (χ2n) is 6.31. The van der Waals surface area contributed by atoms with Gasteiger partial charge in [0.1, 0.15) is 11.6 Å². The summed E-state index contributed by atoms with van der Waals surface area (Å²) in [6.45, 7) is 0.877. The third kappa shape index (κ3) is 4.93. The van der Waals surface area contributed by atoms with E-state index < -0.39 is 17.7 Å². The second-order valence-corrected chi connectivity index (χ2v) is 6.31. The van der Waals surface area contributed by atoms with E-state index in [1.165, 1.54) is 23.1 Å². The molecule has 1 aromatic heterocycles. The Balaban J connectivity index is 1.62. The molecular weight excluding hydrogens is 353 g/mol. The first-order valence-corrected chi connectivity index (χ1v) is 8.66. The molecule has 3 rings (SSSR count). The van der Waals surface area contributed by atoms with Crippen LogP contribution in [-0.4, -0.2) is 40.1 Å². The number of carboxylic acids is 1. The number of carbonyl (C=O) groups excluding carboxylic acids is 1. The fraction of sp³-hybridized carbons (Fsp3) is 0.316. The molecule has 0 spiro atoms. The van der Waals surface area contributed by atoms with Gasteiger partial charge < -0.3 is 20.1 Å². The van der Waals surface area contributed by atoms with Crippen molar-refractivity contribution in [2.75, 3.05) is 13.1 Å². The quantitative estimate of drug-likeness (QED) is 0.841. The average molecular weight is 373 g/mol. The number of halogens is 1. The summed E-state index contributed by atoms with van der Waals surface area (Å²) in [4.78, 5) is 29.1. The Morgan fingerprint density at radius 3 is 2.96 bits per heavy atom. The number of amides is 2. The highest BCUT2D eigenvalue weighted by molar-refractivity contribution is 5.76. The van der Waals surface area contributed by atoms with Gasteiger partial charge in [0.25, 0.3) is 0 Å². The largest absolute Gasteiger partial charge is 0.481 e. The van der Waals surface area contributed by atoms with Crippen LogP contribution in [0, 0.1) is 11.7 Å². The lowest BCUT2D eigenvalue weighted by molar-refractivity contribution is -0.143. The maximum Gasteiger partial charge on any atom is 0.317 e. The zero-order valence-corrected chi connectivity index (χ0v) is 14.6. The minimum atomic E-state index is -0.884. The van der Waals surface area contributed by atoms with Crippen LogP contribution in [0.4, 0.5) is 9.18 Å². The fourth-order valence-corrected chi connectivity index (χ4v) is 2.94. The number of nitrogens with zero attached hydrogens (tertiary/aromatic N) is 2. The van der Waals surface area contributed by atoms with Gasteiger partial charge in [-0.25, -0.2) is 14.2 Å². The number of hydrogen-bond donors (Lipinski definition) is 2. The molecule has 7 nitrogen and oxygen atoms in total. The minimum absolute atomic E-state index is 0.158. The van der Waals surface area contributed by atoms with Crippen LogP contribution in [0.1, 0.15) is 18.4 Å². The van der Waals surface area contributed by atoms with E-state index >= 15 is 0 Å². The Hall–Kier alpha value is -3.16. The minimum Gasteiger partial charge on any atom is -0.481 e. The van der Waals surface area contributed by atoms with E-state index in [1.54, 1.807) is 24.4 Å². The van der Waals surface area contributed by atoms with Gasteiger partial charge in [-0.05, 0) is 31.0 Å². The first kappa shape index (κ1) is 18.6. The van der Waals surface area contributed by atoms with Gasteiger partial charge in [0, 0.05) is 37.5 Å². The molecule has 1 saturated heterocycles. The highest BCUT2D eigenvalue weighted by atomic mass is 19.1. The summed E-state index contributed by atoms with van der Waals surface area (Å²) in [7, 11) is 0. The van der Waals surface area contributed by atoms with Gasteiger partial charge in [-0.1, -0.05) is 12.1 Å². The number of benzene rings is 1. The molecule has 2 N–H and O–H groups in total. The number of likely N-dealkylation sites (tertiary alicyclic amines) is 1. The van der Waals surface area contributed by atoms with Crippen LogP contribution in [0.2, 0.25) is 0 Å². The number of aliphatic carboxylic acids is 1. The number of urea groups is 1. The molecule has 27 heavy (non-hydrogen) atoms. The molecule has 1 aromatic carbocycles. The van der Waals surface area contributed by atoms with Crippen LogP contribution in [0.25, 0.3) is 0 Å². The third-order valence-corrected chi connectivity index (χ3v) is 4.35. The monoisotopic (exact) mass is 373 g/mol. The van der Waals surface area contributed by atoms with E-state index in [0.29, 0.717) is 30.7 Å². The van der Waals surface area contributed by atoms with Gasteiger partial charge in [-0.2, -0.15) is 0 Å². The lowest BCUT2D eigenvalue weighted by Crippen LogP contribution is -2.46. The molecule has 1 unspecified atom stereocenters. The lowest BCUT2D eigenvalue weighted by Gasteiger charge is -2.30. The first-order chi connectivity index (χ1) is 13.0. The molecule has 1 fully saturated rings. The maximum absolute atomic E-state index is 13.3. The van der Waals surface area contributed by atoms with E-state index in [0.717, 1.165) is 0 Å². The van der Waals surface area contributed by atoms with Gasteiger partial charge in [0.05, 0.1) is 5.92 Å². The molecule has 1 aliphatic rings. The standard InChI is InChI=1S/C19H20FN3O4/c20-15-6-1-7-16(10-15)27-17-13(4-2-8-21-17)11-22-19(26)23-9-3-5-14(12-23)18(24)25/h1-2,4,6-8,10,14H,3,5,9,11-12H2,(H,22,26)(H,24,25). The van der Waals surface area contributed by atoms with E-state index in [4.69, 9.17) is 9.84 Å². The summed E-state index contributed by atoms with van der Waals surface area (Å²) in [5.41, 5.74) is 0.627. The van der Waals surface area contributed by atoms with Crippen molar-refractivity contribution in [1.29, 1.82) is 0 Å². The number of carboxylic acid groups (broad SMARTS) is 1. The Morgan fingerprint density at radius 1 is 1.33 bits per heavy atom. The van der Waals surface area contributed by atoms with Crippen LogP contribution in [0.5, 0.6) is 11.6 Å². The van der Waals surface area contributed by atoms with Crippen molar-refractivity contribution in [3.63, 3.8) is 0 Å². The molecule has 0 aliphatic carbocycles. The van der Waals surface area contributed by atoms with Gasteiger partial charge in [0.15, 0.2) is 0 Å².